The van der Waals surface area contributed by atoms with Gasteiger partial charge in [-0.15, -0.1) is 0 Å². The van der Waals surface area contributed by atoms with Gasteiger partial charge in [0.05, 0.1) is 0 Å². The molecule has 1 heterocycles. The smallest absolute Gasteiger partial charge is 0.231 e. The zero-order chi connectivity index (χ0) is 15.3. The molecule has 0 unspecified atom stereocenters. The van der Waals surface area contributed by atoms with Gasteiger partial charge in [0.15, 0.2) is 0 Å². The molecule has 1 aliphatic carbocycles. The number of amides is 1. The molecule has 2 bridgehead atoms. The molecule has 1 saturated carbocycles. The van der Waals surface area contributed by atoms with Crippen molar-refractivity contribution in [3.8, 4) is 0 Å². The quantitative estimate of drug-likeness (QED) is 0.660. The van der Waals surface area contributed by atoms with Crippen LogP contribution in [0.1, 0.15) is 24.3 Å². The summed E-state index contributed by atoms with van der Waals surface area (Å²) in [5.41, 5.74) is 2.31. The first kappa shape index (κ1) is 14.5. The standard InChI is InChI=1S/C18H15Br2NO/c19-12-3-1-11(2-4-12)16-9-15-10-17(16)18(22)21(15)14-7-5-13(20)6-8-14/h1-8,15-17H,9-10H2/t15-,16+,17-/m0/s1. The maximum absolute atomic E-state index is 12.8. The van der Waals surface area contributed by atoms with Crippen LogP contribution in [0, 0.1) is 5.92 Å². The van der Waals surface area contributed by atoms with Crippen molar-refractivity contribution in [3.05, 3.63) is 63.0 Å². The second-order valence-electron chi connectivity index (χ2n) is 6.07. The predicted octanol–water partition coefficient (Wildman–Crippen LogP) is 5.12. The van der Waals surface area contributed by atoms with Crippen molar-refractivity contribution in [2.24, 2.45) is 5.92 Å². The Hall–Kier alpha value is -1.13. The number of nitrogens with zero attached hydrogens (tertiary/aromatic N) is 1. The minimum Gasteiger partial charge on any atom is -0.309 e. The second kappa shape index (κ2) is 5.50. The van der Waals surface area contributed by atoms with E-state index in [9.17, 15) is 4.79 Å². The second-order valence-corrected chi connectivity index (χ2v) is 7.91. The van der Waals surface area contributed by atoms with Gasteiger partial charge in [0.2, 0.25) is 5.91 Å². The summed E-state index contributed by atoms with van der Waals surface area (Å²) in [7, 11) is 0. The lowest BCUT2D eigenvalue weighted by atomic mass is 9.87. The first-order valence-corrected chi connectivity index (χ1v) is 9.06. The number of halogens is 2. The summed E-state index contributed by atoms with van der Waals surface area (Å²) in [6.45, 7) is 0. The van der Waals surface area contributed by atoms with Crippen LogP contribution in [0.15, 0.2) is 57.5 Å². The highest BCUT2D eigenvalue weighted by atomic mass is 79.9. The van der Waals surface area contributed by atoms with Crippen molar-refractivity contribution in [1.29, 1.82) is 0 Å². The number of anilines is 1. The number of hydrogen-bond acceptors (Lipinski definition) is 1. The van der Waals surface area contributed by atoms with Crippen molar-refractivity contribution in [3.63, 3.8) is 0 Å². The Morgan fingerprint density at radius 1 is 0.818 bits per heavy atom. The third-order valence-corrected chi connectivity index (χ3v) is 5.92. The third-order valence-electron chi connectivity index (χ3n) is 4.86. The van der Waals surface area contributed by atoms with Crippen molar-refractivity contribution in [2.45, 2.75) is 24.8 Å². The van der Waals surface area contributed by atoms with Gasteiger partial charge < -0.3 is 4.90 Å². The van der Waals surface area contributed by atoms with Crippen LogP contribution < -0.4 is 4.90 Å². The average molecular weight is 421 g/mol. The molecule has 1 aliphatic heterocycles. The van der Waals surface area contributed by atoms with Crippen molar-refractivity contribution < 1.29 is 4.79 Å². The molecule has 2 aromatic rings. The van der Waals surface area contributed by atoms with Crippen LogP contribution in [0.25, 0.3) is 0 Å². The van der Waals surface area contributed by atoms with E-state index in [0.29, 0.717) is 12.0 Å². The van der Waals surface area contributed by atoms with E-state index in [1.807, 2.05) is 29.2 Å². The molecule has 1 amide bonds. The fourth-order valence-corrected chi connectivity index (χ4v) is 4.40. The molecule has 4 rings (SSSR count). The molecular formula is C18H15Br2NO. The summed E-state index contributed by atoms with van der Waals surface area (Å²) >= 11 is 6.92. The summed E-state index contributed by atoms with van der Waals surface area (Å²) in [6, 6.07) is 16.8. The maximum atomic E-state index is 12.8. The zero-order valence-corrected chi connectivity index (χ0v) is 15.0. The molecule has 22 heavy (non-hydrogen) atoms. The van der Waals surface area contributed by atoms with E-state index in [-0.39, 0.29) is 11.8 Å². The summed E-state index contributed by atoms with van der Waals surface area (Å²) in [4.78, 5) is 14.8. The van der Waals surface area contributed by atoms with E-state index in [1.165, 1.54) is 5.56 Å². The monoisotopic (exact) mass is 419 g/mol. The normalized spacial score (nSPS) is 26.7. The SMILES string of the molecule is O=C1[C@H]2C[C@H](C[C@@H]2c2ccc(Br)cc2)N1c1ccc(Br)cc1. The number of fused-ring (bicyclic) bond motifs is 2. The lowest BCUT2D eigenvalue weighted by Gasteiger charge is -2.31. The van der Waals surface area contributed by atoms with E-state index < -0.39 is 0 Å². The summed E-state index contributed by atoms with van der Waals surface area (Å²) in [5, 5.41) is 0. The number of rotatable bonds is 2. The Labute approximate surface area is 146 Å². The molecule has 2 nitrogen and oxygen atoms in total. The van der Waals surface area contributed by atoms with Gasteiger partial charge in [0, 0.05) is 26.6 Å². The molecule has 4 heteroatoms. The lowest BCUT2D eigenvalue weighted by molar-refractivity contribution is -0.121. The summed E-state index contributed by atoms with van der Waals surface area (Å²) in [5.74, 6) is 0.790. The molecule has 2 fully saturated rings. The van der Waals surface area contributed by atoms with Crippen molar-refractivity contribution in [2.75, 3.05) is 4.90 Å². The molecule has 0 N–H and O–H groups in total. The molecule has 2 aromatic carbocycles. The Kier molecular flexibility index (Phi) is 3.61. The minimum atomic E-state index is 0.134. The van der Waals surface area contributed by atoms with Gasteiger partial charge in [-0.25, -0.2) is 0 Å². The van der Waals surface area contributed by atoms with Crippen LogP contribution in [0.4, 0.5) is 5.69 Å². The molecular weight excluding hydrogens is 406 g/mol. The average Bonchev–Trinajstić information content (AvgIpc) is 3.07. The topological polar surface area (TPSA) is 20.3 Å². The van der Waals surface area contributed by atoms with Crippen LogP contribution in [-0.4, -0.2) is 11.9 Å². The first-order valence-electron chi connectivity index (χ1n) is 7.47. The highest BCUT2D eigenvalue weighted by Crippen LogP contribution is 2.49. The first-order chi connectivity index (χ1) is 10.6. The minimum absolute atomic E-state index is 0.134. The van der Waals surface area contributed by atoms with Gasteiger partial charge >= 0.3 is 0 Å². The van der Waals surface area contributed by atoms with E-state index in [1.54, 1.807) is 0 Å². The lowest BCUT2D eigenvalue weighted by Crippen LogP contribution is -2.39. The Morgan fingerprint density at radius 2 is 1.36 bits per heavy atom. The Morgan fingerprint density at radius 3 is 1.95 bits per heavy atom. The largest absolute Gasteiger partial charge is 0.309 e. The highest BCUT2D eigenvalue weighted by Gasteiger charge is 2.51. The molecule has 2 aliphatic rings. The van der Waals surface area contributed by atoms with Crippen LogP contribution in [0.5, 0.6) is 0 Å². The summed E-state index contributed by atoms with van der Waals surface area (Å²) in [6.07, 6.45) is 2.05. The predicted molar refractivity (Wildman–Crippen MR) is 95.0 cm³/mol. The Bertz CT molecular complexity index is 711. The van der Waals surface area contributed by atoms with E-state index in [0.717, 1.165) is 27.5 Å². The van der Waals surface area contributed by atoms with Gasteiger partial charge in [-0.1, -0.05) is 44.0 Å². The van der Waals surface area contributed by atoms with Gasteiger partial charge in [-0.2, -0.15) is 0 Å². The van der Waals surface area contributed by atoms with E-state index >= 15 is 0 Å². The zero-order valence-electron chi connectivity index (χ0n) is 11.9. The molecule has 1 saturated heterocycles. The third kappa shape index (κ3) is 2.33. The number of carbonyl (C=O) groups excluding carboxylic acids is 1. The number of benzene rings is 2. The van der Waals surface area contributed by atoms with Gasteiger partial charge in [0.25, 0.3) is 0 Å². The number of carbonyl (C=O) groups is 1. The van der Waals surface area contributed by atoms with E-state index in [4.69, 9.17) is 0 Å². The van der Waals surface area contributed by atoms with Crippen molar-refractivity contribution in [1.82, 2.24) is 0 Å². The summed E-state index contributed by atoms with van der Waals surface area (Å²) < 4.78 is 2.13. The molecule has 3 atom stereocenters. The maximum Gasteiger partial charge on any atom is 0.231 e. The van der Waals surface area contributed by atoms with Crippen LogP contribution >= 0.6 is 31.9 Å². The van der Waals surface area contributed by atoms with E-state index in [2.05, 4.69) is 56.1 Å². The highest BCUT2D eigenvalue weighted by molar-refractivity contribution is 9.10. The van der Waals surface area contributed by atoms with Gasteiger partial charge in [-0.3, -0.25) is 4.79 Å². The molecule has 0 radical (unpaired) electrons. The molecule has 0 aromatic heterocycles. The van der Waals surface area contributed by atoms with Crippen molar-refractivity contribution >= 4 is 43.5 Å². The molecule has 0 spiro atoms. The number of piperidine rings is 1. The van der Waals surface area contributed by atoms with Crippen LogP contribution in [0.3, 0.4) is 0 Å². The molecule has 112 valence electrons. The fraction of sp³-hybridized carbons (Fsp3) is 0.278. The van der Waals surface area contributed by atoms with Gasteiger partial charge in [-0.05, 0) is 60.7 Å². The van der Waals surface area contributed by atoms with Crippen LogP contribution in [0.2, 0.25) is 0 Å². The van der Waals surface area contributed by atoms with Crippen LogP contribution in [-0.2, 0) is 4.79 Å². The Balaban J connectivity index is 1.60. The number of hydrogen-bond donors (Lipinski definition) is 0. The fourth-order valence-electron chi connectivity index (χ4n) is 3.87. The van der Waals surface area contributed by atoms with Gasteiger partial charge in [0.1, 0.15) is 0 Å².